The van der Waals surface area contributed by atoms with Crippen LogP contribution in [0.15, 0.2) is 32.3 Å². The first-order chi connectivity index (χ1) is 10.3. The van der Waals surface area contributed by atoms with Gasteiger partial charge in [0, 0.05) is 19.5 Å². The van der Waals surface area contributed by atoms with Crippen LogP contribution in [0.2, 0.25) is 0 Å². The lowest BCUT2D eigenvalue weighted by Crippen LogP contribution is -2.37. The highest BCUT2D eigenvalue weighted by Crippen LogP contribution is 2.01. The predicted molar refractivity (Wildman–Crippen MR) is 78.9 cm³/mol. The molecule has 0 aliphatic carbocycles. The topological polar surface area (TPSA) is 88.5 Å². The third-order valence-electron chi connectivity index (χ3n) is 2.75. The maximum atomic E-state index is 5.26. The monoisotopic (exact) mass is 291 g/mol. The van der Waals surface area contributed by atoms with E-state index >= 15 is 0 Å². The van der Waals surface area contributed by atoms with Gasteiger partial charge in [-0.2, -0.15) is 4.98 Å². The van der Waals surface area contributed by atoms with Crippen molar-refractivity contribution < 1.29 is 8.94 Å². The van der Waals surface area contributed by atoms with Crippen molar-refractivity contribution in [3.63, 3.8) is 0 Å². The first kappa shape index (κ1) is 15.1. The number of hydrogen-bond donors (Lipinski definition) is 2. The van der Waals surface area contributed by atoms with Crippen molar-refractivity contribution in [2.75, 3.05) is 13.1 Å². The van der Waals surface area contributed by atoms with Gasteiger partial charge in [0.2, 0.25) is 5.89 Å². The maximum absolute atomic E-state index is 5.26. The van der Waals surface area contributed by atoms with Crippen LogP contribution in [-0.2, 0) is 13.0 Å². The fraction of sp³-hybridized carbons (Fsp3) is 0.500. The maximum Gasteiger partial charge on any atom is 0.226 e. The lowest BCUT2D eigenvalue weighted by Gasteiger charge is -2.10. The van der Waals surface area contributed by atoms with E-state index in [0.717, 1.165) is 37.7 Å². The average Bonchev–Trinajstić information content (AvgIpc) is 3.12. The van der Waals surface area contributed by atoms with Gasteiger partial charge in [0.25, 0.3) is 0 Å². The molecule has 0 bridgehead atoms. The van der Waals surface area contributed by atoms with Gasteiger partial charge in [-0.15, -0.1) is 0 Å². The summed E-state index contributed by atoms with van der Waals surface area (Å²) >= 11 is 0. The Labute approximate surface area is 123 Å². The highest BCUT2D eigenvalue weighted by Gasteiger charge is 2.03. The number of guanidine groups is 1. The third kappa shape index (κ3) is 5.29. The molecule has 114 valence electrons. The van der Waals surface area contributed by atoms with E-state index < -0.39 is 0 Å². The number of nitrogens with zero attached hydrogens (tertiary/aromatic N) is 3. The fourth-order valence-corrected chi connectivity index (χ4v) is 1.79. The van der Waals surface area contributed by atoms with Gasteiger partial charge in [-0.3, -0.25) is 0 Å². The lowest BCUT2D eigenvalue weighted by molar-refractivity contribution is 0.372. The summed E-state index contributed by atoms with van der Waals surface area (Å²) in [5, 5.41) is 10.2. The highest BCUT2D eigenvalue weighted by molar-refractivity contribution is 5.79. The Hall–Kier alpha value is -2.31. The second-order valence-corrected chi connectivity index (χ2v) is 4.54. The predicted octanol–water partition coefficient (Wildman–Crippen LogP) is 1.66. The summed E-state index contributed by atoms with van der Waals surface area (Å²) in [7, 11) is 0. The van der Waals surface area contributed by atoms with Crippen molar-refractivity contribution in [2.45, 2.75) is 33.2 Å². The standard InChI is InChI=1S/C14H21N5O2/c1-3-15-14(17-10-12-6-5-9-20-12)16-8-4-7-13-18-11(2)19-21-13/h5-6,9H,3-4,7-8,10H2,1-2H3,(H2,15,16,17). The van der Waals surface area contributed by atoms with Crippen molar-refractivity contribution in [3.05, 3.63) is 35.9 Å². The normalized spacial score (nSPS) is 11.6. The Morgan fingerprint density at radius 2 is 2.29 bits per heavy atom. The summed E-state index contributed by atoms with van der Waals surface area (Å²) in [6, 6.07) is 3.77. The van der Waals surface area contributed by atoms with Crippen LogP contribution in [0.5, 0.6) is 0 Å². The summed E-state index contributed by atoms with van der Waals surface area (Å²) in [5.74, 6) is 2.96. The van der Waals surface area contributed by atoms with Crippen molar-refractivity contribution >= 4 is 5.96 Å². The molecule has 21 heavy (non-hydrogen) atoms. The SMILES string of the molecule is CCNC(=NCc1ccco1)NCCCc1nc(C)no1. The molecule has 0 unspecified atom stereocenters. The number of nitrogens with one attached hydrogen (secondary N) is 2. The molecule has 0 saturated heterocycles. The van der Waals surface area contributed by atoms with Crippen molar-refractivity contribution in [3.8, 4) is 0 Å². The summed E-state index contributed by atoms with van der Waals surface area (Å²) < 4.78 is 10.3. The number of aromatic nitrogens is 2. The van der Waals surface area contributed by atoms with Crippen molar-refractivity contribution in [1.82, 2.24) is 20.8 Å². The van der Waals surface area contributed by atoms with Crippen LogP contribution in [0.25, 0.3) is 0 Å². The molecule has 2 N–H and O–H groups in total. The molecule has 0 radical (unpaired) electrons. The Balaban J connectivity index is 1.73. The van der Waals surface area contributed by atoms with Crippen LogP contribution in [0.1, 0.15) is 30.8 Å². The van der Waals surface area contributed by atoms with Gasteiger partial charge in [0.15, 0.2) is 11.8 Å². The molecule has 2 rings (SSSR count). The number of aryl methyl sites for hydroxylation is 2. The summed E-state index contributed by atoms with van der Waals surface area (Å²) in [5.41, 5.74) is 0. The molecule has 2 heterocycles. The first-order valence-corrected chi connectivity index (χ1v) is 7.11. The van der Waals surface area contributed by atoms with Crippen molar-refractivity contribution in [1.29, 1.82) is 0 Å². The van der Waals surface area contributed by atoms with Gasteiger partial charge >= 0.3 is 0 Å². The second-order valence-electron chi connectivity index (χ2n) is 4.54. The molecule has 7 nitrogen and oxygen atoms in total. The average molecular weight is 291 g/mol. The summed E-state index contributed by atoms with van der Waals surface area (Å²) in [6.07, 6.45) is 3.30. The van der Waals surface area contributed by atoms with Gasteiger partial charge < -0.3 is 19.6 Å². The van der Waals surface area contributed by atoms with E-state index in [1.54, 1.807) is 6.26 Å². The number of rotatable bonds is 7. The largest absolute Gasteiger partial charge is 0.467 e. The van der Waals surface area contributed by atoms with Gasteiger partial charge in [-0.05, 0) is 32.4 Å². The molecule has 0 atom stereocenters. The number of hydrogen-bond acceptors (Lipinski definition) is 5. The van der Waals surface area contributed by atoms with E-state index in [1.807, 2.05) is 26.0 Å². The molecular weight excluding hydrogens is 270 g/mol. The van der Waals surface area contributed by atoms with E-state index in [1.165, 1.54) is 0 Å². The van der Waals surface area contributed by atoms with Crippen LogP contribution >= 0.6 is 0 Å². The van der Waals surface area contributed by atoms with E-state index in [-0.39, 0.29) is 0 Å². The van der Waals surface area contributed by atoms with Crippen LogP contribution in [0.3, 0.4) is 0 Å². The number of furan rings is 1. The molecule has 0 aliphatic heterocycles. The van der Waals surface area contributed by atoms with Crippen LogP contribution in [0, 0.1) is 6.92 Å². The number of aliphatic imine (C=N–C) groups is 1. The Kier molecular flexibility index (Phi) is 5.81. The molecule has 0 spiro atoms. The molecule has 0 fully saturated rings. The van der Waals surface area contributed by atoms with Gasteiger partial charge in [-0.25, -0.2) is 4.99 Å². The van der Waals surface area contributed by atoms with Gasteiger partial charge in [0.1, 0.15) is 12.3 Å². The quantitative estimate of drug-likeness (QED) is 0.458. The molecule has 0 aliphatic rings. The summed E-state index contributed by atoms with van der Waals surface area (Å²) in [4.78, 5) is 8.62. The van der Waals surface area contributed by atoms with E-state index in [2.05, 4.69) is 25.8 Å². The minimum Gasteiger partial charge on any atom is -0.467 e. The summed E-state index contributed by atoms with van der Waals surface area (Å²) in [6.45, 7) is 5.96. The third-order valence-corrected chi connectivity index (χ3v) is 2.75. The second kappa shape index (κ2) is 8.08. The van der Waals surface area contributed by atoms with E-state index in [4.69, 9.17) is 8.94 Å². The Bertz CT molecular complexity index is 547. The fourth-order valence-electron chi connectivity index (χ4n) is 1.79. The molecule has 7 heteroatoms. The van der Waals surface area contributed by atoms with Gasteiger partial charge in [-0.1, -0.05) is 5.16 Å². The van der Waals surface area contributed by atoms with Gasteiger partial charge in [0.05, 0.1) is 6.26 Å². The zero-order valence-corrected chi connectivity index (χ0v) is 12.4. The van der Waals surface area contributed by atoms with E-state index in [0.29, 0.717) is 18.3 Å². The van der Waals surface area contributed by atoms with Crippen LogP contribution < -0.4 is 10.6 Å². The van der Waals surface area contributed by atoms with Crippen LogP contribution in [-0.4, -0.2) is 29.2 Å². The minimum absolute atomic E-state index is 0.519. The smallest absolute Gasteiger partial charge is 0.226 e. The zero-order valence-electron chi connectivity index (χ0n) is 12.4. The van der Waals surface area contributed by atoms with Crippen molar-refractivity contribution in [2.24, 2.45) is 4.99 Å². The molecule has 0 aromatic carbocycles. The molecular formula is C14H21N5O2. The molecule has 2 aromatic heterocycles. The molecule has 0 amide bonds. The Morgan fingerprint density at radius 3 is 2.95 bits per heavy atom. The molecule has 2 aromatic rings. The van der Waals surface area contributed by atoms with E-state index in [9.17, 15) is 0 Å². The first-order valence-electron chi connectivity index (χ1n) is 7.11. The highest BCUT2D eigenvalue weighted by atomic mass is 16.5. The van der Waals surface area contributed by atoms with Crippen LogP contribution in [0.4, 0.5) is 0 Å². The minimum atomic E-state index is 0.519. The molecule has 0 saturated carbocycles. The lowest BCUT2D eigenvalue weighted by atomic mass is 10.3. The zero-order chi connectivity index (χ0) is 14.9. The Morgan fingerprint density at radius 1 is 1.38 bits per heavy atom.